The first-order valence-electron chi connectivity index (χ1n) is 9.86. The van der Waals surface area contributed by atoms with Crippen LogP contribution in [0.1, 0.15) is 39.5 Å². The second-order valence-corrected chi connectivity index (χ2v) is 7.60. The summed E-state index contributed by atoms with van der Waals surface area (Å²) >= 11 is 0. The number of alkyl halides is 2. The van der Waals surface area contributed by atoms with E-state index in [1.807, 2.05) is 6.08 Å². The smallest absolute Gasteiger partial charge is 0.345 e. The molecule has 5 nitrogen and oxygen atoms in total. The fraction of sp³-hybridized carbons (Fsp3) is 0.545. The van der Waals surface area contributed by atoms with Crippen LogP contribution in [-0.4, -0.2) is 30.3 Å². The number of hydrogen-bond acceptors (Lipinski definition) is 4. The molecular weight excluding hydrogens is 380 g/mol. The summed E-state index contributed by atoms with van der Waals surface area (Å²) in [5.41, 5.74) is 1.96. The number of ether oxygens (including phenoxy) is 2. The summed E-state index contributed by atoms with van der Waals surface area (Å²) in [7, 11) is 0. The zero-order valence-electron chi connectivity index (χ0n) is 16.9. The third-order valence-corrected chi connectivity index (χ3v) is 5.35. The summed E-state index contributed by atoms with van der Waals surface area (Å²) in [4.78, 5) is 10.4. The average Bonchev–Trinajstić information content (AvgIpc) is 2.69. The minimum Gasteiger partial charge on any atom is -0.370 e. The average molecular weight is 409 g/mol. The third-order valence-electron chi connectivity index (χ3n) is 5.35. The molecule has 0 spiro atoms. The molecule has 0 aromatic heterocycles. The second kappa shape index (κ2) is 11.2. The summed E-state index contributed by atoms with van der Waals surface area (Å²) in [6.45, 7) is 4.66. The first kappa shape index (κ1) is 23.2. The highest BCUT2D eigenvalue weighted by molar-refractivity contribution is 5.24. The van der Waals surface area contributed by atoms with Gasteiger partial charge in [0.15, 0.2) is 0 Å². The Morgan fingerprint density at radius 2 is 2.24 bits per heavy atom. The van der Waals surface area contributed by atoms with Gasteiger partial charge in [0.2, 0.25) is 0 Å². The molecule has 0 bridgehead atoms. The van der Waals surface area contributed by atoms with Gasteiger partial charge in [0.25, 0.3) is 5.70 Å². The van der Waals surface area contributed by atoms with Gasteiger partial charge in [-0.25, -0.2) is 0 Å². The van der Waals surface area contributed by atoms with Crippen LogP contribution in [0.3, 0.4) is 0 Å². The van der Waals surface area contributed by atoms with E-state index in [2.05, 4.69) is 19.6 Å². The molecule has 4 unspecified atom stereocenters. The number of nitro groups is 1. The molecule has 0 saturated heterocycles. The number of rotatable bonds is 10. The van der Waals surface area contributed by atoms with E-state index in [0.29, 0.717) is 11.5 Å². The van der Waals surface area contributed by atoms with Crippen molar-refractivity contribution < 1.29 is 23.2 Å². The highest BCUT2D eigenvalue weighted by atomic mass is 19.3. The Hall–Kier alpha value is -2.12. The van der Waals surface area contributed by atoms with Gasteiger partial charge in [0.1, 0.15) is 6.10 Å². The van der Waals surface area contributed by atoms with Gasteiger partial charge in [-0.1, -0.05) is 30.7 Å². The minimum absolute atomic E-state index is 0.0405. The lowest BCUT2D eigenvalue weighted by atomic mass is 9.89. The van der Waals surface area contributed by atoms with Crippen molar-refractivity contribution in [2.24, 2.45) is 11.8 Å². The Bertz CT molecular complexity index is 712. The lowest BCUT2D eigenvalue weighted by molar-refractivity contribution is -0.419. The highest BCUT2D eigenvalue weighted by Crippen LogP contribution is 2.27. The maximum Gasteiger partial charge on any atom is 0.345 e. The van der Waals surface area contributed by atoms with Crippen LogP contribution in [-0.2, 0) is 9.47 Å². The quantitative estimate of drug-likeness (QED) is 0.268. The molecule has 0 aliphatic heterocycles. The zero-order valence-corrected chi connectivity index (χ0v) is 16.9. The van der Waals surface area contributed by atoms with Crippen LogP contribution in [0, 0.1) is 22.0 Å². The molecule has 4 atom stereocenters. The van der Waals surface area contributed by atoms with E-state index >= 15 is 0 Å². The Morgan fingerprint density at radius 1 is 1.48 bits per heavy atom. The summed E-state index contributed by atoms with van der Waals surface area (Å²) in [5.74, 6) is 0.282. The molecular formula is C22H29F2NO4. The van der Waals surface area contributed by atoms with Crippen molar-refractivity contribution in [1.29, 1.82) is 0 Å². The van der Waals surface area contributed by atoms with Crippen LogP contribution >= 0.6 is 0 Å². The normalized spacial score (nSPS) is 26.1. The Morgan fingerprint density at radius 3 is 2.83 bits per heavy atom. The largest absolute Gasteiger partial charge is 0.370 e. The van der Waals surface area contributed by atoms with E-state index in [-0.39, 0.29) is 12.3 Å². The van der Waals surface area contributed by atoms with Crippen molar-refractivity contribution in [2.75, 3.05) is 6.61 Å². The number of nitrogens with zero attached hydrogens (tertiary/aromatic N) is 1. The molecule has 0 saturated carbocycles. The van der Waals surface area contributed by atoms with Crippen molar-refractivity contribution in [3.8, 4) is 0 Å². The van der Waals surface area contributed by atoms with Gasteiger partial charge in [0.05, 0.1) is 17.6 Å². The summed E-state index contributed by atoms with van der Waals surface area (Å²) < 4.78 is 36.3. The molecule has 160 valence electrons. The first-order chi connectivity index (χ1) is 13.8. The van der Waals surface area contributed by atoms with Crippen LogP contribution in [0.25, 0.3) is 0 Å². The fourth-order valence-corrected chi connectivity index (χ4v) is 3.39. The lowest BCUT2D eigenvalue weighted by Gasteiger charge is -2.25. The Labute approximate surface area is 170 Å². The van der Waals surface area contributed by atoms with Gasteiger partial charge >= 0.3 is 6.61 Å². The maximum atomic E-state index is 12.9. The number of allylic oxidation sites excluding steroid dienone is 4. The second-order valence-electron chi connectivity index (χ2n) is 7.60. The SMILES string of the molecule is C=CC1C=C([N+](=O)[O-])C=CC1OCC(OC(F)F)/C(C)=C\CC1=CCC(C)CC1. The van der Waals surface area contributed by atoms with E-state index in [0.717, 1.165) is 25.7 Å². The Kier molecular flexibility index (Phi) is 8.92. The predicted molar refractivity (Wildman–Crippen MR) is 108 cm³/mol. The molecule has 0 fully saturated rings. The van der Waals surface area contributed by atoms with Crippen molar-refractivity contribution in [2.45, 2.75) is 58.4 Å². The topological polar surface area (TPSA) is 61.6 Å². The van der Waals surface area contributed by atoms with Crippen LogP contribution in [0.15, 0.2) is 59.9 Å². The van der Waals surface area contributed by atoms with Gasteiger partial charge in [-0.2, -0.15) is 8.78 Å². The molecule has 0 radical (unpaired) electrons. The van der Waals surface area contributed by atoms with E-state index in [1.54, 1.807) is 19.1 Å². The van der Waals surface area contributed by atoms with Gasteiger partial charge in [-0.05, 0) is 50.2 Å². The van der Waals surface area contributed by atoms with Crippen LogP contribution in [0.4, 0.5) is 8.78 Å². The monoisotopic (exact) mass is 409 g/mol. The van der Waals surface area contributed by atoms with Crippen LogP contribution in [0.2, 0.25) is 0 Å². The summed E-state index contributed by atoms with van der Waals surface area (Å²) in [5, 5.41) is 10.9. The number of halogens is 2. The Balaban J connectivity index is 1.99. The van der Waals surface area contributed by atoms with Crippen LogP contribution in [0.5, 0.6) is 0 Å². The van der Waals surface area contributed by atoms with E-state index in [1.165, 1.54) is 17.7 Å². The summed E-state index contributed by atoms with van der Waals surface area (Å²) in [6, 6.07) is 0. The molecule has 2 rings (SSSR count). The molecule has 2 aliphatic carbocycles. The fourth-order valence-electron chi connectivity index (χ4n) is 3.39. The van der Waals surface area contributed by atoms with Gasteiger partial charge < -0.3 is 9.47 Å². The lowest BCUT2D eigenvalue weighted by Crippen LogP contribution is -2.30. The van der Waals surface area contributed by atoms with Gasteiger partial charge in [-0.15, -0.1) is 6.58 Å². The standard InChI is InChI=1S/C22H29F2NO4/c1-4-18-13-19(25(26)27)11-12-20(18)28-14-21(29-22(23)24)16(3)7-10-17-8-5-15(2)6-9-17/h4,7-8,11-13,15,18,20-22H,1,5-6,9-10,14H2,2-3H3/b16-7-. The van der Waals surface area contributed by atoms with E-state index < -0.39 is 29.7 Å². The molecule has 0 aromatic rings. The van der Waals surface area contributed by atoms with Gasteiger partial charge in [0, 0.05) is 18.1 Å². The summed E-state index contributed by atoms with van der Waals surface area (Å²) in [6.07, 6.45) is 12.6. The molecule has 2 aliphatic rings. The minimum atomic E-state index is -2.92. The number of hydrogen-bond donors (Lipinski definition) is 0. The van der Waals surface area contributed by atoms with Crippen molar-refractivity contribution in [3.63, 3.8) is 0 Å². The molecule has 29 heavy (non-hydrogen) atoms. The molecule has 0 N–H and O–H groups in total. The van der Waals surface area contributed by atoms with E-state index in [4.69, 9.17) is 9.47 Å². The molecule has 0 amide bonds. The predicted octanol–water partition coefficient (Wildman–Crippen LogP) is 5.59. The van der Waals surface area contributed by atoms with Crippen LogP contribution < -0.4 is 0 Å². The van der Waals surface area contributed by atoms with Crippen molar-refractivity contribution in [3.05, 3.63) is 70.0 Å². The highest BCUT2D eigenvalue weighted by Gasteiger charge is 2.26. The van der Waals surface area contributed by atoms with Crippen molar-refractivity contribution in [1.82, 2.24) is 0 Å². The first-order valence-corrected chi connectivity index (χ1v) is 9.86. The third kappa shape index (κ3) is 7.33. The van der Waals surface area contributed by atoms with E-state index in [9.17, 15) is 18.9 Å². The molecule has 0 heterocycles. The molecule has 7 heteroatoms. The van der Waals surface area contributed by atoms with Crippen molar-refractivity contribution >= 4 is 0 Å². The maximum absolute atomic E-state index is 12.9. The van der Waals surface area contributed by atoms with Gasteiger partial charge in [-0.3, -0.25) is 10.1 Å². The zero-order chi connectivity index (χ0) is 21.4. The molecule has 0 aromatic carbocycles.